The molecule has 8 heterocycles. The van der Waals surface area contributed by atoms with Crippen LogP contribution in [0.15, 0.2) is 105 Å². The number of aliphatic imine (C=N–C) groups is 4. The lowest BCUT2D eigenvalue weighted by Gasteiger charge is -2.21. The predicted octanol–water partition coefficient (Wildman–Crippen LogP) is 7.71. The van der Waals surface area contributed by atoms with E-state index in [1.807, 2.05) is 93.5 Å². The fourth-order valence-electron chi connectivity index (χ4n) is 9.22. The Kier molecular flexibility index (Phi) is 19.0. The first-order chi connectivity index (χ1) is 41.2. The third kappa shape index (κ3) is 12.9. The van der Waals surface area contributed by atoms with E-state index in [0.717, 1.165) is 21.9 Å². The van der Waals surface area contributed by atoms with Gasteiger partial charge >= 0.3 is 23.9 Å². The zero-order valence-corrected chi connectivity index (χ0v) is 51.4. The maximum Gasteiger partial charge on any atom is 0.338 e. The Bertz CT molecular complexity index is 3750. The van der Waals surface area contributed by atoms with Crippen molar-refractivity contribution in [2.45, 2.75) is 132 Å². The highest BCUT2D eigenvalue weighted by Gasteiger charge is 2.46. The Morgan fingerprint density at radius 1 is 0.409 bits per heavy atom. The van der Waals surface area contributed by atoms with Crippen LogP contribution in [0.2, 0.25) is 0 Å². The van der Waals surface area contributed by atoms with Gasteiger partial charge in [-0.15, -0.1) is 0 Å². The van der Waals surface area contributed by atoms with Crippen LogP contribution in [0.4, 0.5) is 0 Å². The number of carboxylic acids is 4. The van der Waals surface area contributed by atoms with Gasteiger partial charge in [0.25, 0.3) is 23.6 Å². The number of amidine groups is 4. The number of nitrogens with one attached hydrogen (secondary N) is 4. The first-order valence-electron chi connectivity index (χ1n) is 28.6. The molecule has 0 spiro atoms. The lowest BCUT2D eigenvalue weighted by Crippen LogP contribution is -2.41. The number of aryl methyl sites for hydroxylation is 2. The minimum atomic E-state index is -1.10. The number of para-hydroxylation sites is 2. The first-order valence-corrected chi connectivity index (χ1v) is 28.6. The summed E-state index contributed by atoms with van der Waals surface area (Å²) >= 11 is 0. The summed E-state index contributed by atoms with van der Waals surface area (Å²) in [5, 5.41) is 49.8. The van der Waals surface area contributed by atoms with Crippen LogP contribution in [-0.4, -0.2) is 133 Å². The Morgan fingerprint density at radius 2 is 0.659 bits per heavy atom. The first kappa shape index (κ1) is 65.5. The summed E-state index contributed by atoms with van der Waals surface area (Å²) in [7, 11) is 0. The monoisotopic (exact) mass is 1200 g/mol. The second-order valence-electron chi connectivity index (χ2n) is 23.4. The Morgan fingerprint density at radius 3 is 0.898 bits per heavy atom. The molecule has 0 bridgehead atoms. The standard InChI is InChI=1S/2C17H17N3O3.2C15H19N3O3/c2*1-9(2)17(3)16(23)19-14(20-17)13-11(15(21)22)8-10-6-4-5-7-12(10)18-13;2*1-5-9-6-10(13(19)20)11(16-7-9)12-17-14(21)15(4,18-12)8(2)3/h2*4-9H,1-3H3,(H,21,22)(H,19,20,23);2*6-8H,5H2,1-4H3,(H,19,20)(H,17,18,21). The van der Waals surface area contributed by atoms with Gasteiger partial charge in [0.1, 0.15) is 44.9 Å². The van der Waals surface area contributed by atoms with Crippen LogP contribution in [0, 0.1) is 23.7 Å². The number of hydrogen-bond acceptors (Lipinski definition) is 16. The number of carbonyl (C=O) groups is 8. The van der Waals surface area contributed by atoms with Gasteiger partial charge < -0.3 is 41.7 Å². The summed E-state index contributed by atoms with van der Waals surface area (Å²) in [6, 6.07) is 20.7. The van der Waals surface area contributed by atoms with Gasteiger partial charge in [0.2, 0.25) is 0 Å². The van der Waals surface area contributed by atoms with Crippen molar-refractivity contribution < 1.29 is 58.8 Å². The predicted molar refractivity (Wildman–Crippen MR) is 330 cm³/mol. The van der Waals surface area contributed by atoms with E-state index in [1.165, 1.54) is 0 Å². The van der Waals surface area contributed by atoms with Crippen molar-refractivity contribution in [3.63, 3.8) is 0 Å². The average Bonchev–Trinajstić information content (AvgIpc) is 2.05. The van der Waals surface area contributed by atoms with E-state index in [-0.39, 0.29) is 116 Å². The van der Waals surface area contributed by atoms with E-state index in [0.29, 0.717) is 23.9 Å². The summed E-state index contributed by atoms with van der Waals surface area (Å²) in [4.78, 5) is 130. The Balaban J connectivity index is 0.000000168. The maximum absolute atomic E-state index is 12.3. The average molecular weight is 1200 g/mol. The molecule has 6 aromatic rings. The number of rotatable bonds is 14. The lowest BCUT2D eigenvalue weighted by molar-refractivity contribution is -0.125. The molecule has 88 heavy (non-hydrogen) atoms. The van der Waals surface area contributed by atoms with Gasteiger partial charge in [-0.25, -0.2) is 49.1 Å². The molecule has 4 aliphatic heterocycles. The number of aromatic carboxylic acids is 4. The molecule has 24 heteroatoms. The number of pyridine rings is 4. The van der Waals surface area contributed by atoms with Crippen LogP contribution in [0.3, 0.4) is 0 Å². The molecule has 0 fully saturated rings. The van der Waals surface area contributed by atoms with Gasteiger partial charge in [-0.3, -0.25) is 29.1 Å². The van der Waals surface area contributed by atoms with E-state index in [9.17, 15) is 58.8 Å². The second kappa shape index (κ2) is 25.5. The number of aromatic nitrogens is 4. The molecule has 4 unspecified atom stereocenters. The molecule has 4 aromatic heterocycles. The molecule has 4 aliphatic rings. The van der Waals surface area contributed by atoms with Gasteiger partial charge in [-0.05, 0) is 112 Å². The van der Waals surface area contributed by atoms with Gasteiger partial charge in [-0.2, -0.15) is 0 Å². The molecule has 8 N–H and O–H groups in total. The van der Waals surface area contributed by atoms with E-state index in [4.69, 9.17) is 0 Å². The van der Waals surface area contributed by atoms with Gasteiger partial charge in [0.05, 0.1) is 33.3 Å². The molecular formula is C64H72N12O12. The molecule has 0 radical (unpaired) electrons. The van der Waals surface area contributed by atoms with Gasteiger partial charge in [-0.1, -0.05) is 106 Å². The molecule has 460 valence electrons. The minimum absolute atomic E-state index is 0.00167. The van der Waals surface area contributed by atoms with Crippen molar-refractivity contribution in [1.29, 1.82) is 0 Å². The molecule has 2 aromatic carbocycles. The summed E-state index contributed by atoms with van der Waals surface area (Å²) < 4.78 is 0. The van der Waals surface area contributed by atoms with Crippen LogP contribution >= 0.6 is 0 Å². The Labute approximate surface area is 507 Å². The van der Waals surface area contributed by atoms with Crippen molar-refractivity contribution in [1.82, 2.24) is 41.2 Å². The number of carbonyl (C=O) groups excluding carboxylic acids is 4. The fourth-order valence-corrected chi connectivity index (χ4v) is 9.22. The zero-order valence-electron chi connectivity index (χ0n) is 51.4. The second-order valence-corrected chi connectivity index (χ2v) is 23.4. The number of carboxylic acid groups (broad SMARTS) is 4. The lowest BCUT2D eigenvalue weighted by atomic mass is 9.89. The molecule has 0 saturated carbocycles. The van der Waals surface area contributed by atoms with Crippen LogP contribution in [0.25, 0.3) is 21.8 Å². The van der Waals surface area contributed by atoms with Crippen LogP contribution in [0.5, 0.6) is 0 Å². The minimum Gasteiger partial charge on any atom is -0.478 e. The van der Waals surface area contributed by atoms with Crippen molar-refractivity contribution >= 4 is 92.7 Å². The molecule has 10 rings (SSSR count). The van der Waals surface area contributed by atoms with Crippen LogP contribution in [0.1, 0.15) is 172 Å². The van der Waals surface area contributed by atoms with E-state index < -0.39 is 46.0 Å². The summed E-state index contributed by atoms with van der Waals surface area (Å²) in [6.07, 6.45) is 4.61. The van der Waals surface area contributed by atoms with E-state index in [1.54, 1.807) is 88.6 Å². The third-order valence-corrected chi connectivity index (χ3v) is 16.6. The number of hydrogen-bond donors (Lipinski definition) is 8. The summed E-state index contributed by atoms with van der Waals surface area (Å²) in [5.74, 6) is -4.46. The largest absolute Gasteiger partial charge is 0.478 e. The van der Waals surface area contributed by atoms with Crippen LogP contribution in [-0.2, 0) is 32.0 Å². The Hall–Kier alpha value is -10.0. The highest BCUT2D eigenvalue weighted by atomic mass is 16.4. The molecular weight excluding hydrogens is 1130 g/mol. The maximum atomic E-state index is 12.3. The smallest absolute Gasteiger partial charge is 0.338 e. The summed E-state index contributed by atoms with van der Waals surface area (Å²) in [5.41, 5.74) is 0.293. The normalized spacial score (nSPS) is 21.0. The number of fused-ring (bicyclic) bond motifs is 2. The highest BCUT2D eigenvalue weighted by Crippen LogP contribution is 2.32. The highest BCUT2D eigenvalue weighted by molar-refractivity contribution is 6.21. The molecule has 4 amide bonds. The van der Waals surface area contributed by atoms with E-state index >= 15 is 0 Å². The summed E-state index contributed by atoms with van der Waals surface area (Å²) in [6.45, 7) is 26.0. The molecule has 0 saturated heterocycles. The van der Waals surface area contributed by atoms with Crippen molar-refractivity contribution in [2.75, 3.05) is 0 Å². The topological polar surface area (TPSA) is 367 Å². The van der Waals surface area contributed by atoms with Crippen molar-refractivity contribution in [3.05, 3.63) is 141 Å². The molecule has 4 atom stereocenters. The van der Waals surface area contributed by atoms with Crippen molar-refractivity contribution in [2.24, 2.45) is 43.6 Å². The quantitative estimate of drug-likeness (QED) is 0.0517. The number of nitrogens with zero attached hydrogens (tertiary/aromatic N) is 8. The molecule has 0 aliphatic carbocycles. The van der Waals surface area contributed by atoms with Gasteiger partial charge in [0.15, 0.2) is 23.3 Å². The number of amides is 4. The van der Waals surface area contributed by atoms with Crippen LogP contribution < -0.4 is 21.3 Å². The SMILES string of the molecule is CC(C)C1(C)N=C(c2nc3ccccc3cc2C(=O)O)NC1=O.CC(C)C1(C)N=C(c2nc3ccccc3cc2C(=O)O)NC1=O.CCc1cnc(C2=NC(C)(C(C)C)C(=O)N2)c(C(=O)O)c1.CCc1cnc(C2=NC(C)(C(C)C)C(=O)N2)c(C(=O)O)c1. The van der Waals surface area contributed by atoms with Crippen molar-refractivity contribution in [3.8, 4) is 0 Å². The van der Waals surface area contributed by atoms with E-state index in [2.05, 4.69) is 61.2 Å². The molecule has 24 nitrogen and oxygen atoms in total. The fraction of sp³-hybridized carbons (Fsp3) is 0.375. The van der Waals surface area contributed by atoms with Gasteiger partial charge in [0, 0.05) is 23.2 Å². The zero-order chi connectivity index (χ0) is 65.1. The number of benzene rings is 2. The third-order valence-electron chi connectivity index (χ3n) is 16.6.